The van der Waals surface area contributed by atoms with Gasteiger partial charge in [0.1, 0.15) is 10.9 Å². The Labute approximate surface area is 152 Å². The van der Waals surface area contributed by atoms with Crippen molar-refractivity contribution in [3.8, 4) is 0 Å². The fourth-order valence-electron chi connectivity index (χ4n) is 3.03. The number of aryl methyl sites for hydroxylation is 1. The number of likely N-dealkylation sites (tertiary alicyclic amines) is 1. The molecule has 0 unspecified atom stereocenters. The second-order valence-corrected chi connectivity index (χ2v) is 7.05. The van der Waals surface area contributed by atoms with Crippen LogP contribution >= 0.6 is 11.5 Å². The van der Waals surface area contributed by atoms with E-state index in [9.17, 15) is 22.8 Å². The number of carbonyl (C=O) groups excluding carboxylic acids is 2. The first kappa shape index (κ1) is 18.4. The highest BCUT2D eigenvalue weighted by atomic mass is 32.1. The highest BCUT2D eigenvalue weighted by Crippen LogP contribution is 2.36. The molecule has 2 aromatic rings. The summed E-state index contributed by atoms with van der Waals surface area (Å²) in [6.45, 7) is 2.05. The molecule has 5 nitrogen and oxygen atoms in total. The summed E-state index contributed by atoms with van der Waals surface area (Å²) in [4.78, 5) is 26.5. The van der Waals surface area contributed by atoms with Crippen LogP contribution in [0.25, 0.3) is 0 Å². The normalized spacial score (nSPS) is 20.5. The SMILES string of the molecule is Cc1cc(NC(=O)[C@@H]2C(=O)N(C)C[C@H]2c2ccc(C(F)(F)F)cc2)sn1. The standard InChI is InChI=1S/C17H16F3N3O2S/c1-9-7-13(26-22-9)21-15(24)14-12(8-23(2)16(14)25)10-3-5-11(6-4-10)17(18,19)20/h3-7,12,14H,8H2,1-2H3,(H,21,24)/t12-,14+/m0/s1. The van der Waals surface area contributed by atoms with Crippen LogP contribution in [-0.2, 0) is 15.8 Å². The third-order valence-corrected chi connectivity index (χ3v) is 5.13. The number of aromatic nitrogens is 1. The van der Waals surface area contributed by atoms with E-state index in [-0.39, 0.29) is 12.5 Å². The minimum atomic E-state index is -4.43. The molecule has 9 heteroatoms. The molecule has 2 heterocycles. The van der Waals surface area contributed by atoms with Gasteiger partial charge in [0.2, 0.25) is 11.8 Å². The van der Waals surface area contributed by atoms with E-state index in [1.807, 2.05) is 0 Å². The zero-order chi connectivity index (χ0) is 19.1. The Hall–Kier alpha value is -2.42. The largest absolute Gasteiger partial charge is 0.416 e. The van der Waals surface area contributed by atoms with Gasteiger partial charge in [0.05, 0.1) is 11.3 Å². The third kappa shape index (κ3) is 3.57. The van der Waals surface area contributed by atoms with Crippen molar-refractivity contribution >= 4 is 28.3 Å². The zero-order valence-electron chi connectivity index (χ0n) is 14.0. The van der Waals surface area contributed by atoms with Gasteiger partial charge < -0.3 is 10.2 Å². The number of nitrogens with zero attached hydrogens (tertiary/aromatic N) is 2. The van der Waals surface area contributed by atoms with E-state index < -0.39 is 29.5 Å². The van der Waals surface area contributed by atoms with Crippen molar-refractivity contribution in [1.82, 2.24) is 9.27 Å². The maximum absolute atomic E-state index is 12.7. The molecule has 1 aliphatic heterocycles. The molecule has 0 radical (unpaired) electrons. The Kier molecular flexibility index (Phi) is 4.74. The van der Waals surface area contributed by atoms with Crippen LogP contribution in [0, 0.1) is 12.8 Å². The van der Waals surface area contributed by atoms with Crippen LogP contribution in [0.1, 0.15) is 22.7 Å². The Bertz CT molecular complexity index is 833. The number of hydrogen-bond acceptors (Lipinski definition) is 4. The van der Waals surface area contributed by atoms with Crippen LogP contribution < -0.4 is 5.32 Å². The van der Waals surface area contributed by atoms with Gasteiger partial charge in [-0.05, 0) is 42.2 Å². The molecule has 0 aliphatic carbocycles. The number of amides is 2. The van der Waals surface area contributed by atoms with Crippen LogP contribution in [-0.4, -0.2) is 34.7 Å². The molecule has 0 saturated carbocycles. The molecule has 1 saturated heterocycles. The first-order valence-corrected chi connectivity index (χ1v) is 8.60. The van der Waals surface area contributed by atoms with Crippen molar-refractivity contribution < 1.29 is 22.8 Å². The molecule has 26 heavy (non-hydrogen) atoms. The molecule has 1 N–H and O–H groups in total. The summed E-state index contributed by atoms with van der Waals surface area (Å²) in [5.41, 5.74) is 0.510. The highest BCUT2D eigenvalue weighted by Gasteiger charge is 2.44. The summed E-state index contributed by atoms with van der Waals surface area (Å²) in [6, 6.07) is 6.30. The molecular weight excluding hydrogens is 367 g/mol. The first-order valence-electron chi connectivity index (χ1n) is 7.83. The van der Waals surface area contributed by atoms with Crippen LogP contribution in [0.2, 0.25) is 0 Å². The van der Waals surface area contributed by atoms with Gasteiger partial charge in [-0.15, -0.1) is 0 Å². The number of carbonyl (C=O) groups is 2. The molecule has 3 rings (SSSR count). The van der Waals surface area contributed by atoms with E-state index in [0.717, 1.165) is 29.4 Å². The van der Waals surface area contributed by atoms with Gasteiger partial charge in [-0.25, -0.2) is 0 Å². The monoisotopic (exact) mass is 383 g/mol. The van der Waals surface area contributed by atoms with Crippen LogP contribution in [0.4, 0.5) is 18.2 Å². The van der Waals surface area contributed by atoms with E-state index in [4.69, 9.17) is 0 Å². The summed E-state index contributed by atoms with van der Waals surface area (Å²) >= 11 is 1.11. The van der Waals surface area contributed by atoms with E-state index in [1.54, 1.807) is 20.0 Å². The number of nitrogens with one attached hydrogen (secondary N) is 1. The maximum atomic E-state index is 12.7. The Balaban J connectivity index is 1.85. The van der Waals surface area contributed by atoms with Gasteiger partial charge in [0.15, 0.2) is 0 Å². The Morgan fingerprint density at radius 3 is 2.50 bits per heavy atom. The number of rotatable bonds is 3. The Morgan fingerprint density at radius 1 is 1.31 bits per heavy atom. The summed E-state index contributed by atoms with van der Waals surface area (Å²) in [5, 5.41) is 3.21. The predicted octanol–water partition coefficient (Wildman–Crippen LogP) is 3.28. The van der Waals surface area contributed by atoms with Gasteiger partial charge in [0.25, 0.3) is 0 Å². The third-order valence-electron chi connectivity index (χ3n) is 4.34. The minimum absolute atomic E-state index is 0.268. The average Bonchev–Trinajstić information content (AvgIpc) is 3.10. The van der Waals surface area contributed by atoms with E-state index in [2.05, 4.69) is 9.69 Å². The van der Waals surface area contributed by atoms with Crippen LogP contribution in [0.5, 0.6) is 0 Å². The van der Waals surface area contributed by atoms with Crippen molar-refractivity contribution in [1.29, 1.82) is 0 Å². The van der Waals surface area contributed by atoms with Crippen molar-refractivity contribution in [3.05, 3.63) is 47.2 Å². The molecule has 2 amide bonds. The molecular formula is C17H16F3N3O2S. The topological polar surface area (TPSA) is 62.3 Å². The molecule has 0 spiro atoms. The van der Waals surface area contributed by atoms with E-state index >= 15 is 0 Å². The lowest BCUT2D eigenvalue weighted by Gasteiger charge is -2.17. The first-order chi connectivity index (χ1) is 12.2. The van der Waals surface area contributed by atoms with Crippen molar-refractivity contribution in [2.75, 3.05) is 18.9 Å². The number of hydrogen-bond donors (Lipinski definition) is 1. The lowest BCUT2D eigenvalue weighted by Crippen LogP contribution is -2.32. The molecule has 1 fully saturated rings. The summed E-state index contributed by atoms with van der Waals surface area (Å²) < 4.78 is 42.3. The van der Waals surface area contributed by atoms with Gasteiger partial charge in [-0.1, -0.05) is 12.1 Å². The maximum Gasteiger partial charge on any atom is 0.416 e. The fourth-order valence-corrected chi connectivity index (χ4v) is 3.70. The van der Waals surface area contributed by atoms with Gasteiger partial charge in [-0.3, -0.25) is 9.59 Å². The second-order valence-electron chi connectivity index (χ2n) is 6.24. The van der Waals surface area contributed by atoms with Crippen molar-refractivity contribution in [2.24, 2.45) is 5.92 Å². The van der Waals surface area contributed by atoms with Crippen LogP contribution in [0.15, 0.2) is 30.3 Å². The van der Waals surface area contributed by atoms with Gasteiger partial charge in [-0.2, -0.15) is 17.5 Å². The number of alkyl halides is 3. The molecule has 1 aromatic carbocycles. The molecule has 1 aromatic heterocycles. The average molecular weight is 383 g/mol. The zero-order valence-corrected chi connectivity index (χ0v) is 14.8. The quantitative estimate of drug-likeness (QED) is 0.828. The number of halogens is 3. The summed E-state index contributed by atoms with van der Waals surface area (Å²) in [5.74, 6) is -2.33. The lowest BCUT2D eigenvalue weighted by molar-refractivity contribution is -0.138. The number of likely N-dealkylation sites (N-methyl/N-ethyl adjacent to an activating group) is 1. The van der Waals surface area contributed by atoms with Gasteiger partial charge in [0, 0.05) is 19.5 Å². The Morgan fingerprint density at radius 2 is 1.96 bits per heavy atom. The van der Waals surface area contributed by atoms with Crippen molar-refractivity contribution in [3.63, 3.8) is 0 Å². The van der Waals surface area contributed by atoms with Gasteiger partial charge >= 0.3 is 6.18 Å². The molecule has 138 valence electrons. The minimum Gasteiger partial charge on any atom is -0.344 e. The smallest absolute Gasteiger partial charge is 0.344 e. The van der Waals surface area contributed by atoms with E-state index in [0.29, 0.717) is 10.6 Å². The second kappa shape index (κ2) is 6.71. The fraction of sp³-hybridized carbons (Fsp3) is 0.353. The molecule has 0 bridgehead atoms. The molecule has 2 atom stereocenters. The summed E-state index contributed by atoms with van der Waals surface area (Å²) in [7, 11) is 1.57. The van der Waals surface area contributed by atoms with Crippen LogP contribution in [0.3, 0.4) is 0 Å². The van der Waals surface area contributed by atoms with Crippen molar-refractivity contribution in [2.45, 2.75) is 19.0 Å². The number of anilines is 1. The number of benzene rings is 1. The summed E-state index contributed by atoms with van der Waals surface area (Å²) in [6.07, 6.45) is -4.43. The van der Waals surface area contributed by atoms with E-state index in [1.165, 1.54) is 17.0 Å². The lowest BCUT2D eigenvalue weighted by atomic mass is 9.87. The predicted molar refractivity (Wildman–Crippen MR) is 90.8 cm³/mol. The molecule has 1 aliphatic rings. The highest BCUT2D eigenvalue weighted by molar-refractivity contribution is 7.10.